The van der Waals surface area contributed by atoms with E-state index in [4.69, 9.17) is 0 Å². The number of nitrogens with one attached hydrogen (secondary N) is 2. The number of phenols is 1. The maximum absolute atomic E-state index is 12.4. The van der Waals surface area contributed by atoms with Gasteiger partial charge in [-0.3, -0.25) is 4.79 Å². The molecule has 2 aromatic rings. The fraction of sp³-hybridized carbons (Fsp3) is 0.304. The van der Waals surface area contributed by atoms with Crippen LogP contribution < -0.4 is 10.6 Å². The Kier molecular flexibility index (Phi) is 6.33. The van der Waals surface area contributed by atoms with Crippen LogP contribution in [0.15, 0.2) is 54.2 Å². The van der Waals surface area contributed by atoms with Gasteiger partial charge in [-0.25, -0.2) is 0 Å². The number of phenolic OH excluding ortho intramolecular Hbond substituents is 1. The predicted octanol–water partition coefficient (Wildman–Crippen LogP) is 4.36. The third kappa shape index (κ3) is 4.72. The van der Waals surface area contributed by atoms with Gasteiger partial charge in [0.25, 0.3) is 5.91 Å². The van der Waals surface area contributed by atoms with Crippen LogP contribution in [0.25, 0.3) is 0 Å². The van der Waals surface area contributed by atoms with Crippen molar-refractivity contribution in [2.75, 3.05) is 5.32 Å². The molecule has 0 heterocycles. The van der Waals surface area contributed by atoms with E-state index in [9.17, 15) is 15.2 Å². The molecule has 0 bridgehead atoms. The Morgan fingerprint density at radius 2 is 1.89 bits per heavy atom. The fourth-order valence-corrected chi connectivity index (χ4v) is 3.50. The lowest BCUT2D eigenvalue weighted by Crippen LogP contribution is -2.20. The van der Waals surface area contributed by atoms with Crippen LogP contribution in [-0.4, -0.2) is 11.0 Å². The van der Waals surface area contributed by atoms with Gasteiger partial charge in [0.1, 0.15) is 17.4 Å². The van der Waals surface area contributed by atoms with E-state index < -0.39 is 5.91 Å². The molecular formula is C23H25N3O2. The molecule has 1 aliphatic rings. The van der Waals surface area contributed by atoms with Gasteiger partial charge in [0.2, 0.25) is 0 Å². The maximum atomic E-state index is 12.4. The number of nitrogens with zero attached hydrogens (tertiary/aromatic N) is 1. The van der Waals surface area contributed by atoms with Crippen molar-refractivity contribution >= 4 is 11.6 Å². The molecule has 5 nitrogen and oxygen atoms in total. The number of aryl methyl sites for hydroxylation is 2. The highest BCUT2D eigenvalue weighted by Gasteiger charge is 2.15. The van der Waals surface area contributed by atoms with Gasteiger partial charge >= 0.3 is 0 Å². The maximum Gasteiger partial charge on any atom is 0.267 e. The minimum absolute atomic E-state index is 0.00415. The Hall–Kier alpha value is -3.26. The van der Waals surface area contributed by atoms with Crippen molar-refractivity contribution in [3.63, 3.8) is 0 Å². The first-order valence-electron chi connectivity index (χ1n) is 9.69. The molecule has 0 aromatic heterocycles. The summed E-state index contributed by atoms with van der Waals surface area (Å²) in [5, 5.41) is 24.6. The molecule has 5 heteroatoms. The average Bonchev–Trinajstić information content (AvgIpc) is 2.72. The highest BCUT2D eigenvalue weighted by Crippen LogP contribution is 2.26. The van der Waals surface area contributed by atoms with Crippen molar-refractivity contribution < 1.29 is 9.90 Å². The molecule has 1 unspecified atom stereocenters. The number of fused-ring (bicyclic) bond motifs is 1. The summed E-state index contributed by atoms with van der Waals surface area (Å²) < 4.78 is 0. The van der Waals surface area contributed by atoms with E-state index >= 15 is 0 Å². The number of rotatable bonds is 6. The molecule has 144 valence electrons. The zero-order chi connectivity index (χ0) is 19.9. The van der Waals surface area contributed by atoms with Crippen molar-refractivity contribution in [2.24, 2.45) is 0 Å². The number of amides is 1. The summed E-state index contributed by atoms with van der Waals surface area (Å²) in [6.45, 7) is 2.08. The first-order chi connectivity index (χ1) is 13.6. The Balaban J connectivity index is 1.70. The highest BCUT2D eigenvalue weighted by molar-refractivity contribution is 6.06. The van der Waals surface area contributed by atoms with E-state index in [1.54, 1.807) is 12.1 Å². The van der Waals surface area contributed by atoms with Crippen LogP contribution in [0.4, 0.5) is 5.69 Å². The smallest absolute Gasteiger partial charge is 0.267 e. The van der Waals surface area contributed by atoms with Crippen molar-refractivity contribution in [3.8, 4) is 11.8 Å². The second kappa shape index (κ2) is 9.09. The van der Waals surface area contributed by atoms with Gasteiger partial charge < -0.3 is 15.7 Å². The Bertz CT molecular complexity index is 910. The lowest BCUT2D eigenvalue weighted by Gasteiger charge is -2.21. The summed E-state index contributed by atoms with van der Waals surface area (Å²) >= 11 is 0. The number of carbonyl (C=O) groups excluding carboxylic acids is 1. The zero-order valence-electron chi connectivity index (χ0n) is 16.0. The summed E-state index contributed by atoms with van der Waals surface area (Å²) in [7, 11) is 0. The molecule has 0 fully saturated rings. The van der Waals surface area contributed by atoms with Crippen LogP contribution in [-0.2, 0) is 17.6 Å². The minimum Gasteiger partial charge on any atom is -0.508 e. The van der Waals surface area contributed by atoms with Gasteiger partial charge in [0.05, 0.1) is 6.04 Å². The van der Waals surface area contributed by atoms with Crippen LogP contribution >= 0.6 is 0 Å². The van der Waals surface area contributed by atoms with Gasteiger partial charge in [-0.05, 0) is 73.1 Å². The number of carbonyl (C=O) groups is 1. The molecule has 0 spiro atoms. The first kappa shape index (κ1) is 19.5. The van der Waals surface area contributed by atoms with Crippen LogP contribution in [0.2, 0.25) is 0 Å². The second-order valence-electron chi connectivity index (χ2n) is 7.03. The molecule has 3 rings (SSSR count). The van der Waals surface area contributed by atoms with Crippen LogP contribution in [0, 0.1) is 11.3 Å². The SMILES string of the molecule is CCC(N/C=C(/C#N)C(=O)Nc1ccc(O)cc1)c1ccc2c(c1)CCCC2. The van der Waals surface area contributed by atoms with Crippen LogP contribution in [0.5, 0.6) is 5.75 Å². The number of hydrogen-bond donors (Lipinski definition) is 3. The molecule has 0 saturated heterocycles. The van der Waals surface area contributed by atoms with Crippen molar-refractivity contribution in [1.82, 2.24) is 5.32 Å². The Morgan fingerprint density at radius 1 is 1.18 bits per heavy atom. The zero-order valence-corrected chi connectivity index (χ0v) is 16.0. The molecule has 0 aliphatic heterocycles. The largest absolute Gasteiger partial charge is 0.508 e. The quantitative estimate of drug-likeness (QED) is 0.398. The highest BCUT2D eigenvalue weighted by atomic mass is 16.3. The third-order valence-corrected chi connectivity index (χ3v) is 5.10. The lowest BCUT2D eigenvalue weighted by molar-refractivity contribution is -0.112. The third-order valence-electron chi connectivity index (χ3n) is 5.10. The number of hydrogen-bond acceptors (Lipinski definition) is 4. The van der Waals surface area contributed by atoms with Gasteiger partial charge in [-0.2, -0.15) is 5.26 Å². The van der Waals surface area contributed by atoms with E-state index in [-0.39, 0.29) is 17.4 Å². The van der Waals surface area contributed by atoms with E-state index in [2.05, 4.69) is 35.8 Å². The molecule has 3 N–H and O–H groups in total. The molecule has 28 heavy (non-hydrogen) atoms. The van der Waals surface area contributed by atoms with E-state index in [0.29, 0.717) is 5.69 Å². The summed E-state index contributed by atoms with van der Waals surface area (Å²) in [6.07, 6.45) is 7.09. The Labute approximate surface area is 165 Å². The minimum atomic E-state index is -0.485. The van der Waals surface area contributed by atoms with Crippen molar-refractivity contribution in [1.29, 1.82) is 5.26 Å². The second-order valence-corrected chi connectivity index (χ2v) is 7.03. The molecule has 1 atom stereocenters. The van der Waals surface area contributed by atoms with Crippen molar-refractivity contribution in [3.05, 3.63) is 70.9 Å². The summed E-state index contributed by atoms with van der Waals surface area (Å²) in [6, 6.07) is 14.7. The van der Waals surface area contributed by atoms with Gasteiger partial charge in [0, 0.05) is 11.9 Å². The van der Waals surface area contributed by atoms with Crippen LogP contribution in [0.3, 0.4) is 0 Å². The van der Waals surface area contributed by atoms with E-state index in [1.807, 2.05) is 6.07 Å². The molecule has 1 aliphatic carbocycles. The average molecular weight is 375 g/mol. The first-order valence-corrected chi connectivity index (χ1v) is 9.69. The summed E-state index contributed by atoms with van der Waals surface area (Å²) in [5.41, 5.74) is 4.55. The predicted molar refractivity (Wildman–Crippen MR) is 110 cm³/mol. The number of benzene rings is 2. The lowest BCUT2D eigenvalue weighted by atomic mass is 9.89. The summed E-state index contributed by atoms with van der Waals surface area (Å²) in [4.78, 5) is 12.4. The molecule has 1 amide bonds. The molecule has 0 saturated carbocycles. The number of aromatic hydroxyl groups is 1. The Morgan fingerprint density at radius 3 is 2.57 bits per heavy atom. The van der Waals surface area contributed by atoms with E-state index in [1.165, 1.54) is 47.9 Å². The van der Waals surface area contributed by atoms with Crippen LogP contribution in [0.1, 0.15) is 48.9 Å². The topological polar surface area (TPSA) is 85.2 Å². The van der Waals surface area contributed by atoms with Gasteiger partial charge in [0.15, 0.2) is 0 Å². The molecule has 0 radical (unpaired) electrons. The molecule has 2 aromatic carbocycles. The van der Waals surface area contributed by atoms with Gasteiger partial charge in [-0.15, -0.1) is 0 Å². The summed E-state index contributed by atoms with van der Waals surface area (Å²) in [5.74, 6) is -0.368. The number of anilines is 1. The standard InChI is InChI=1S/C23H25N3O2/c1-2-22(18-8-7-16-5-3-4-6-17(16)13-18)25-15-19(14-24)23(28)26-20-9-11-21(27)12-10-20/h7-13,15,22,25,27H,2-6H2,1H3,(H,26,28)/b19-15-. The number of nitriles is 1. The van der Waals surface area contributed by atoms with Crippen molar-refractivity contribution in [2.45, 2.75) is 45.1 Å². The molecular weight excluding hydrogens is 350 g/mol. The monoisotopic (exact) mass is 375 g/mol. The van der Waals surface area contributed by atoms with E-state index in [0.717, 1.165) is 19.3 Å². The van der Waals surface area contributed by atoms with Gasteiger partial charge in [-0.1, -0.05) is 25.1 Å². The normalized spacial score (nSPS) is 14.5. The fourth-order valence-electron chi connectivity index (χ4n) is 3.50.